The molecule has 0 fully saturated rings. The van der Waals surface area contributed by atoms with E-state index < -0.39 is 5.97 Å². The van der Waals surface area contributed by atoms with Gasteiger partial charge in [0.15, 0.2) is 0 Å². The van der Waals surface area contributed by atoms with E-state index in [9.17, 15) is 4.79 Å². The number of carboxylic acid groups (broad SMARTS) is 1. The summed E-state index contributed by atoms with van der Waals surface area (Å²) in [5.74, 6) is -0.132. The predicted octanol–water partition coefficient (Wildman–Crippen LogP) is 2.17. The summed E-state index contributed by atoms with van der Waals surface area (Å²) in [7, 11) is 0. The highest BCUT2D eigenvalue weighted by Gasteiger charge is 2.08. The number of H-pyrrole nitrogens is 1. The van der Waals surface area contributed by atoms with Gasteiger partial charge in [0.05, 0.1) is 6.33 Å². The maximum atomic E-state index is 10.5. The van der Waals surface area contributed by atoms with Crippen molar-refractivity contribution in [2.75, 3.05) is 6.54 Å². The van der Waals surface area contributed by atoms with Gasteiger partial charge < -0.3 is 15.4 Å². The van der Waals surface area contributed by atoms with Crippen LogP contribution in [-0.2, 0) is 11.3 Å². The van der Waals surface area contributed by atoms with Gasteiger partial charge in [-0.25, -0.2) is 4.98 Å². The van der Waals surface area contributed by atoms with Crippen molar-refractivity contribution in [2.45, 2.75) is 45.6 Å². The molecule has 1 aromatic rings. The van der Waals surface area contributed by atoms with Gasteiger partial charge in [0.2, 0.25) is 0 Å². The highest BCUT2D eigenvalue weighted by atomic mass is 16.4. The molecule has 0 aliphatic rings. The smallest absolute Gasteiger partial charge is 0.303 e. The highest BCUT2D eigenvalue weighted by Crippen LogP contribution is 2.14. The largest absolute Gasteiger partial charge is 0.481 e. The summed E-state index contributed by atoms with van der Waals surface area (Å²) in [4.78, 5) is 17.5. The standard InChI is InChI=1S/C13H23N3O2/c1-2-4-11(5-3-6-13(17)18)7-14-8-12-9-15-10-16-12/h9-11,14H,2-8H2,1H3,(H,15,16)(H,17,18). The Labute approximate surface area is 108 Å². The number of aromatic nitrogens is 2. The van der Waals surface area contributed by atoms with Crippen LogP contribution in [0.4, 0.5) is 0 Å². The zero-order valence-electron chi connectivity index (χ0n) is 11.0. The molecule has 0 saturated heterocycles. The van der Waals surface area contributed by atoms with Crippen molar-refractivity contribution in [1.82, 2.24) is 15.3 Å². The van der Waals surface area contributed by atoms with E-state index in [-0.39, 0.29) is 6.42 Å². The Morgan fingerprint density at radius 2 is 2.39 bits per heavy atom. The number of carbonyl (C=O) groups is 1. The third kappa shape index (κ3) is 6.39. The minimum absolute atomic E-state index is 0.279. The molecule has 1 rings (SSSR count). The van der Waals surface area contributed by atoms with Gasteiger partial charge in [-0.2, -0.15) is 0 Å². The van der Waals surface area contributed by atoms with Gasteiger partial charge >= 0.3 is 5.97 Å². The monoisotopic (exact) mass is 253 g/mol. The zero-order chi connectivity index (χ0) is 13.2. The Kier molecular flexibility index (Phi) is 7.10. The summed E-state index contributed by atoms with van der Waals surface area (Å²) < 4.78 is 0. The first-order chi connectivity index (χ1) is 8.72. The molecule has 0 aliphatic heterocycles. The molecule has 102 valence electrons. The zero-order valence-corrected chi connectivity index (χ0v) is 11.0. The summed E-state index contributed by atoms with van der Waals surface area (Å²) in [6, 6.07) is 0. The maximum Gasteiger partial charge on any atom is 0.303 e. The molecule has 0 amide bonds. The maximum absolute atomic E-state index is 10.5. The van der Waals surface area contributed by atoms with E-state index in [1.807, 2.05) is 6.20 Å². The Morgan fingerprint density at radius 1 is 1.56 bits per heavy atom. The molecule has 0 spiro atoms. The topological polar surface area (TPSA) is 78.0 Å². The summed E-state index contributed by atoms with van der Waals surface area (Å²) in [6.07, 6.45) is 7.81. The van der Waals surface area contributed by atoms with Crippen molar-refractivity contribution >= 4 is 5.97 Å². The van der Waals surface area contributed by atoms with Gasteiger partial charge in [-0.15, -0.1) is 0 Å². The fourth-order valence-electron chi connectivity index (χ4n) is 2.09. The molecule has 0 radical (unpaired) electrons. The molecule has 1 atom stereocenters. The quantitative estimate of drug-likeness (QED) is 0.597. The molecule has 0 saturated carbocycles. The number of imidazole rings is 1. The second kappa shape index (κ2) is 8.69. The molecule has 1 heterocycles. The van der Waals surface area contributed by atoms with Crippen LogP contribution in [0.15, 0.2) is 12.5 Å². The second-order valence-corrected chi connectivity index (χ2v) is 4.65. The molecule has 1 aromatic heterocycles. The number of aliphatic carboxylic acids is 1. The van der Waals surface area contributed by atoms with Gasteiger partial charge in [-0.1, -0.05) is 13.3 Å². The van der Waals surface area contributed by atoms with Crippen molar-refractivity contribution in [1.29, 1.82) is 0 Å². The predicted molar refractivity (Wildman–Crippen MR) is 70.2 cm³/mol. The first kappa shape index (κ1) is 14.7. The van der Waals surface area contributed by atoms with Crippen LogP contribution in [0.3, 0.4) is 0 Å². The lowest BCUT2D eigenvalue weighted by atomic mass is 9.97. The number of nitrogens with one attached hydrogen (secondary N) is 2. The molecule has 0 bridgehead atoms. The van der Waals surface area contributed by atoms with Crippen LogP contribution in [0.2, 0.25) is 0 Å². The summed E-state index contributed by atoms with van der Waals surface area (Å²) in [5.41, 5.74) is 1.08. The number of hydrogen-bond donors (Lipinski definition) is 3. The van der Waals surface area contributed by atoms with E-state index in [1.54, 1.807) is 6.33 Å². The van der Waals surface area contributed by atoms with E-state index in [0.29, 0.717) is 5.92 Å². The Morgan fingerprint density at radius 3 is 3.00 bits per heavy atom. The van der Waals surface area contributed by atoms with Crippen molar-refractivity contribution in [3.05, 3.63) is 18.2 Å². The Hall–Kier alpha value is -1.36. The molecule has 3 N–H and O–H groups in total. The molecule has 0 aromatic carbocycles. The average Bonchev–Trinajstić information content (AvgIpc) is 2.81. The normalized spacial score (nSPS) is 12.5. The van der Waals surface area contributed by atoms with Crippen LogP contribution in [0.25, 0.3) is 0 Å². The summed E-state index contributed by atoms with van der Waals surface area (Å²) >= 11 is 0. The van der Waals surface area contributed by atoms with Crippen LogP contribution in [0.1, 0.15) is 44.7 Å². The fourth-order valence-corrected chi connectivity index (χ4v) is 2.09. The Bertz CT molecular complexity index is 325. The van der Waals surface area contributed by atoms with Crippen LogP contribution in [0, 0.1) is 5.92 Å². The van der Waals surface area contributed by atoms with Crippen molar-refractivity contribution in [3.63, 3.8) is 0 Å². The third-order valence-corrected chi connectivity index (χ3v) is 3.00. The van der Waals surface area contributed by atoms with Crippen LogP contribution in [-0.4, -0.2) is 27.6 Å². The summed E-state index contributed by atoms with van der Waals surface area (Å²) in [6.45, 7) is 3.89. The first-order valence-corrected chi connectivity index (χ1v) is 6.62. The van der Waals surface area contributed by atoms with Gasteiger partial charge in [0.1, 0.15) is 0 Å². The van der Waals surface area contributed by atoms with Gasteiger partial charge in [0.25, 0.3) is 0 Å². The van der Waals surface area contributed by atoms with Crippen LogP contribution in [0.5, 0.6) is 0 Å². The molecule has 18 heavy (non-hydrogen) atoms. The van der Waals surface area contributed by atoms with Crippen molar-refractivity contribution < 1.29 is 9.90 Å². The number of aromatic amines is 1. The van der Waals surface area contributed by atoms with Crippen LogP contribution < -0.4 is 5.32 Å². The van der Waals surface area contributed by atoms with E-state index in [0.717, 1.165) is 44.5 Å². The molecule has 5 nitrogen and oxygen atoms in total. The van der Waals surface area contributed by atoms with Gasteiger partial charge in [-0.3, -0.25) is 4.79 Å². The van der Waals surface area contributed by atoms with E-state index in [2.05, 4.69) is 22.2 Å². The second-order valence-electron chi connectivity index (χ2n) is 4.65. The van der Waals surface area contributed by atoms with Gasteiger partial charge in [0, 0.05) is 24.9 Å². The fraction of sp³-hybridized carbons (Fsp3) is 0.692. The van der Waals surface area contributed by atoms with Gasteiger partial charge in [-0.05, 0) is 31.7 Å². The first-order valence-electron chi connectivity index (χ1n) is 6.62. The SMILES string of the molecule is CCCC(CCCC(=O)O)CNCc1cnc[nH]1. The third-order valence-electron chi connectivity index (χ3n) is 3.00. The molecule has 5 heteroatoms. The lowest BCUT2D eigenvalue weighted by molar-refractivity contribution is -0.137. The highest BCUT2D eigenvalue weighted by molar-refractivity contribution is 5.66. The molecular weight excluding hydrogens is 230 g/mol. The van der Waals surface area contributed by atoms with E-state index >= 15 is 0 Å². The lowest BCUT2D eigenvalue weighted by Gasteiger charge is -2.16. The van der Waals surface area contributed by atoms with Crippen molar-refractivity contribution in [3.8, 4) is 0 Å². The molecular formula is C13H23N3O2. The number of hydrogen-bond acceptors (Lipinski definition) is 3. The van der Waals surface area contributed by atoms with Crippen LogP contribution >= 0.6 is 0 Å². The Balaban J connectivity index is 2.18. The minimum Gasteiger partial charge on any atom is -0.481 e. The van der Waals surface area contributed by atoms with E-state index in [4.69, 9.17) is 5.11 Å². The lowest BCUT2D eigenvalue weighted by Crippen LogP contribution is -2.23. The number of nitrogens with zero attached hydrogens (tertiary/aromatic N) is 1. The van der Waals surface area contributed by atoms with E-state index in [1.165, 1.54) is 0 Å². The minimum atomic E-state index is -0.698. The summed E-state index contributed by atoms with van der Waals surface area (Å²) in [5, 5.41) is 12.0. The molecule has 0 aliphatic carbocycles. The number of carboxylic acids is 1. The van der Waals surface area contributed by atoms with Crippen molar-refractivity contribution in [2.24, 2.45) is 5.92 Å². The average molecular weight is 253 g/mol. The number of rotatable bonds is 10. The molecule has 1 unspecified atom stereocenters.